The van der Waals surface area contributed by atoms with Crippen LogP contribution in [0.15, 0.2) is 24.5 Å². The highest BCUT2D eigenvalue weighted by Crippen LogP contribution is 2.20. The molecule has 0 unspecified atom stereocenters. The van der Waals surface area contributed by atoms with Crippen molar-refractivity contribution in [3.05, 3.63) is 24.5 Å². The van der Waals surface area contributed by atoms with Gasteiger partial charge >= 0.3 is 5.95 Å². The van der Waals surface area contributed by atoms with Crippen molar-refractivity contribution < 1.29 is 4.98 Å². The first-order chi connectivity index (χ1) is 6.84. The second-order valence-corrected chi connectivity index (χ2v) is 3.12. The Morgan fingerprint density at radius 3 is 3.21 bits per heavy atom. The van der Waals surface area contributed by atoms with Gasteiger partial charge in [-0.2, -0.15) is 5.10 Å². The molecule has 4 N–H and O–H groups in total. The zero-order valence-corrected chi connectivity index (χ0v) is 7.28. The van der Waals surface area contributed by atoms with Gasteiger partial charge in [0.1, 0.15) is 0 Å². The Bertz CT molecular complexity index is 613. The molecule has 3 aromatic rings. The van der Waals surface area contributed by atoms with Crippen molar-refractivity contribution in [1.82, 2.24) is 15.2 Å². The van der Waals surface area contributed by atoms with Crippen LogP contribution in [-0.4, -0.2) is 15.2 Å². The number of aromatic nitrogens is 4. The SMILES string of the molecule is Nc1nc2c(ccc3[nH]ncc32)c[nH+]1. The molecule has 0 radical (unpaired) electrons. The van der Waals surface area contributed by atoms with Crippen molar-refractivity contribution in [2.24, 2.45) is 0 Å². The van der Waals surface area contributed by atoms with Gasteiger partial charge in [0.15, 0.2) is 5.52 Å². The Morgan fingerprint density at radius 2 is 2.29 bits per heavy atom. The van der Waals surface area contributed by atoms with Gasteiger partial charge in [-0.05, 0) is 12.1 Å². The number of benzene rings is 1. The summed E-state index contributed by atoms with van der Waals surface area (Å²) in [6.45, 7) is 0. The van der Waals surface area contributed by atoms with Crippen molar-refractivity contribution in [2.45, 2.75) is 0 Å². The van der Waals surface area contributed by atoms with Crippen molar-refractivity contribution in [1.29, 1.82) is 0 Å². The average Bonchev–Trinajstić information content (AvgIpc) is 2.65. The van der Waals surface area contributed by atoms with E-state index < -0.39 is 0 Å². The third-order valence-electron chi connectivity index (χ3n) is 2.23. The van der Waals surface area contributed by atoms with Gasteiger partial charge in [0, 0.05) is 5.39 Å². The van der Waals surface area contributed by atoms with E-state index in [1.54, 1.807) is 6.20 Å². The Kier molecular flexibility index (Phi) is 1.25. The minimum Gasteiger partial charge on any atom is -0.287 e. The van der Waals surface area contributed by atoms with Gasteiger partial charge in [-0.3, -0.25) is 10.8 Å². The fourth-order valence-corrected chi connectivity index (χ4v) is 1.57. The zero-order valence-electron chi connectivity index (χ0n) is 7.28. The summed E-state index contributed by atoms with van der Waals surface area (Å²) in [7, 11) is 0. The second kappa shape index (κ2) is 2.41. The molecular formula is C9H8N5+. The van der Waals surface area contributed by atoms with E-state index in [2.05, 4.69) is 20.2 Å². The molecule has 0 aliphatic carbocycles. The third kappa shape index (κ3) is 0.861. The summed E-state index contributed by atoms with van der Waals surface area (Å²) in [6.07, 6.45) is 3.59. The number of fused-ring (bicyclic) bond motifs is 3. The number of H-pyrrole nitrogens is 2. The maximum Gasteiger partial charge on any atom is 0.387 e. The Balaban J connectivity index is 2.60. The summed E-state index contributed by atoms with van der Waals surface area (Å²) in [5.74, 6) is 0.409. The summed E-state index contributed by atoms with van der Waals surface area (Å²) in [6, 6.07) is 3.94. The number of hydrogen-bond donors (Lipinski definition) is 2. The minimum absolute atomic E-state index is 0.409. The lowest BCUT2D eigenvalue weighted by atomic mass is 10.2. The van der Waals surface area contributed by atoms with E-state index in [4.69, 9.17) is 5.73 Å². The highest BCUT2D eigenvalue weighted by molar-refractivity contribution is 6.02. The molecule has 0 aliphatic rings. The van der Waals surface area contributed by atoms with Crippen LogP contribution in [0.5, 0.6) is 0 Å². The molecule has 14 heavy (non-hydrogen) atoms. The fourth-order valence-electron chi connectivity index (χ4n) is 1.57. The normalized spacial score (nSPS) is 11.1. The number of hydrogen-bond acceptors (Lipinski definition) is 3. The van der Waals surface area contributed by atoms with Gasteiger partial charge in [-0.1, -0.05) is 4.98 Å². The van der Waals surface area contributed by atoms with Crippen LogP contribution in [0, 0.1) is 0 Å². The van der Waals surface area contributed by atoms with Crippen molar-refractivity contribution in [3.8, 4) is 0 Å². The number of nitrogen functional groups attached to an aromatic ring is 1. The monoisotopic (exact) mass is 186 g/mol. The third-order valence-corrected chi connectivity index (χ3v) is 2.23. The zero-order chi connectivity index (χ0) is 9.54. The highest BCUT2D eigenvalue weighted by atomic mass is 15.1. The van der Waals surface area contributed by atoms with Gasteiger partial charge < -0.3 is 0 Å². The van der Waals surface area contributed by atoms with E-state index in [9.17, 15) is 0 Å². The Labute approximate surface area is 79.0 Å². The average molecular weight is 186 g/mol. The van der Waals surface area contributed by atoms with E-state index in [-0.39, 0.29) is 0 Å². The van der Waals surface area contributed by atoms with E-state index in [1.165, 1.54) is 0 Å². The van der Waals surface area contributed by atoms with Crippen LogP contribution in [-0.2, 0) is 0 Å². The van der Waals surface area contributed by atoms with Gasteiger partial charge in [-0.25, -0.2) is 4.98 Å². The number of nitrogens with one attached hydrogen (secondary N) is 2. The lowest BCUT2D eigenvalue weighted by molar-refractivity contribution is -0.362. The summed E-state index contributed by atoms with van der Waals surface area (Å²) in [5, 5.41) is 8.87. The molecular weight excluding hydrogens is 178 g/mol. The van der Waals surface area contributed by atoms with E-state index >= 15 is 0 Å². The predicted octanol–water partition coefficient (Wildman–Crippen LogP) is 0.507. The summed E-state index contributed by atoms with van der Waals surface area (Å²) in [4.78, 5) is 7.11. The van der Waals surface area contributed by atoms with Crippen LogP contribution in [0.2, 0.25) is 0 Å². The van der Waals surface area contributed by atoms with Gasteiger partial charge in [0.05, 0.1) is 23.3 Å². The molecule has 0 amide bonds. The van der Waals surface area contributed by atoms with Crippen LogP contribution in [0.25, 0.3) is 21.8 Å². The highest BCUT2D eigenvalue weighted by Gasteiger charge is 2.08. The Hall–Kier alpha value is -2.17. The summed E-state index contributed by atoms with van der Waals surface area (Å²) in [5.41, 5.74) is 7.42. The van der Waals surface area contributed by atoms with E-state index in [1.807, 2.05) is 18.3 Å². The summed E-state index contributed by atoms with van der Waals surface area (Å²) < 4.78 is 0. The molecule has 0 saturated heterocycles. The lowest BCUT2D eigenvalue weighted by Crippen LogP contribution is -2.11. The molecule has 1 aromatic carbocycles. The second-order valence-electron chi connectivity index (χ2n) is 3.12. The van der Waals surface area contributed by atoms with E-state index in [0.717, 1.165) is 21.8 Å². The number of nitrogens with zero attached hydrogens (tertiary/aromatic N) is 2. The standard InChI is InChI=1S/C9H7N5/c10-9-11-3-5-1-2-7-6(4-12-14-7)8(5)13-9/h1-4H,(H,12,14)(H2,10,11,13)/p+1. The molecule has 5 nitrogen and oxygen atoms in total. The first kappa shape index (κ1) is 7.25. The largest absolute Gasteiger partial charge is 0.387 e. The molecule has 0 bridgehead atoms. The molecule has 68 valence electrons. The summed E-state index contributed by atoms with van der Waals surface area (Å²) >= 11 is 0. The first-order valence-corrected chi connectivity index (χ1v) is 4.24. The fraction of sp³-hybridized carbons (Fsp3) is 0. The lowest BCUT2D eigenvalue weighted by Gasteiger charge is -1.93. The molecule has 0 atom stereocenters. The number of nitrogens with two attached hydrogens (primary N) is 1. The topological polar surface area (TPSA) is 81.7 Å². The quantitative estimate of drug-likeness (QED) is 0.536. The number of rotatable bonds is 0. The molecule has 0 fully saturated rings. The van der Waals surface area contributed by atoms with Crippen molar-refractivity contribution >= 4 is 27.8 Å². The maximum atomic E-state index is 5.59. The smallest absolute Gasteiger partial charge is 0.287 e. The van der Waals surface area contributed by atoms with Crippen LogP contribution >= 0.6 is 0 Å². The van der Waals surface area contributed by atoms with Gasteiger partial charge in [-0.15, -0.1) is 0 Å². The number of aromatic amines is 2. The molecule has 0 aliphatic heterocycles. The van der Waals surface area contributed by atoms with Crippen LogP contribution in [0.4, 0.5) is 5.95 Å². The maximum absolute atomic E-state index is 5.59. The molecule has 0 saturated carbocycles. The van der Waals surface area contributed by atoms with Crippen molar-refractivity contribution in [3.63, 3.8) is 0 Å². The van der Waals surface area contributed by atoms with Crippen LogP contribution in [0.1, 0.15) is 0 Å². The molecule has 0 spiro atoms. The first-order valence-electron chi connectivity index (χ1n) is 4.24. The predicted molar refractivity (Wildman–Crippen MR) is 52.4 cm³/mol. The van der Waals surface area contributed by atoms with E-state index in [0.29, 0.717) is 5.95 Å². The van der Waals surface area contributed by atoms with Crippen molar-refractivity contribution in [2.75, 3.05) is 5.73 Å². The Morgan fingerprint density at radius 1 is 1.36 bits per heavy atom. The molecule has 5 heteroatoms. The van der Waals surface area contributed by atoms with Crippen LogP contribution < -0.4 is 10.7 Å². The molecule has 2 heterocycles. The number of anilines is 1. The van der Waals surface area contributed by atoms with Gasteiger partial charge in [0.25, 0.3) is 0 Å². The molecule has 3 rings (SSSR count). The molecule has 2 aromatic heterocycles. The van der Waals surface area contributed by atoms with Crippen LogP contribution in [0.3, 0.4) is 0 Å². The van der Waals surface area contributed by atoms with Gasteiger partial charge in [0.2, 0.25) is 0 Å². The minimum atomic E-state index is 0.409.